The van der Waals surface area contributed by atoms with Crippen LogP contribution in [0.1, 0.15) is 32.6 Å². The number of halogens is 1. The first kappa shape index (κ1) is 21.8. The van der Waals surface area contributed by atoms with E-state index in [-0.39, 0.29) is 41.2 Å². The molecule has 0 unspecified atom stereocenters. The lowest BCUT2D eigenvalue weighted by Crippen LogP contribution is -2.48. The van der Waals surface area contributed by atoms with E-state index in [4.69, 9.17) is 4.74 Å². The first-order chi connectivity index (χ1) is 11.2. The Kier molecular flexibility index (Phi) is 10.4. The molecule has 0 aliphatic carbocycles. The minimum absolute atomic E-state index is 0. The van der Waals surface area contributed by atoms with Gasteiger partial charge >= 0.3 is 0 Å². The number of carbonyl (C=O) groups is 1. The van der Waals surface area contributed by atoms with Crippen LogP contribution in [0.3, 0.4) is 0 Å². The van der Waals surface area contributed by atoms with Gasteiger partial charge in [-0.15, -0.1) is 24.0 Å². The van der Waals surface area contributed by atoms with E-state index in [2.05, 4.69) is 21.9 Å². The molecule has 0 radical (unpaired) electrons. The summed E-state index contributed by atoms with van der Waals surface area (Å²) in [4.78, 5) is 18.5. The summed E-state index contributed by atoms with van der Waals surface area (Å²) in [6.45, 7) is 7.32. The molecule has 2 rings (SSSR count). The summed E-state index contributed by atoms with van der Waals surface area (Å²) in [6, 6.07) is 0. The number of amides is 1. The van der Waals surface area contributed by atoms with Crippen molar-refractivity contribution in [1.82, 2.24) is 15.5 Å². The SMILES string of the molecule is CCNC(=NCC(=O)N1CCCC1)NCC1(SC)CCOCC1.I. The van der Waals surface area contributed by atoms with Crippen molar-refractivity contribution in [2.75, 3.05) is 52.2 Å². The average Bonchev–Trinajstić information content (AvgIpc) is 3.12. The maximum Gasteiger partial charge on any atom is 0.244 e. The summed E-state index contributed by atoms with van der Waals surface area (Å²) in [7, 11) is 0. The van der Waals surface area contributed by atoms with Crippen molar-refractivity contribution in [3.05, 3.63) is 0 Å². The number of rotatable bonds is 6. The molecule has 2 N–H and O–H groups in total. The number of nitrogens with one attached hydrogen (secondary N) is 2. The molecule has 0 aromatic heterocycles. The van der Waals surface area contributed by atoms with Crippen molar-refractivity contribution < 1.29 is 9.53 Å². The molecule has 24 heavy (non-hydrogen) atoms. The molecule has 0 bridgehead atoms. The van der Waals surface area contributed by atoms with E-state index in [0.29, 0.717) is 0 Å². The summed E-state index contributed by atoms with van der Waals surface area (Å²) in [6.07, 6.45) is 6.49. The van der Waals surface area contributed by atoms with Crippen LogP contribution in [0.15, 0.2) is 4.99 Å². The summed E-state index contributed by atoms with van der Waals surface area (Å²) in [5, 5.41) is 6.66. The highest BCUT2D eigenvalue weighted by atomic mass is 127. The number of thioether (sulfide) groups is 1. The van der Waals surface area contributed by atoms with E-state index in [0.717, 1.165) is 71.0 Å². The Bertz CT molecular complexity index is 411. The molecular formula is C16H31IN4O2S. The van der Waals surface area contributed by atoms with Crippen LogP contribution >= 0.6 is 35.7 Å². The topological polar surface area (TPSA) is 66.0 Å². The molecule has 0 aromatic carbocycles. The Morgan fingerprint density at radius 1 is 1.25 bits per heavy atom. The van der Waals surface area contributed by atoms with Gasteiger partial charge in [0.25, 0.3) is 0 Å². The summed E-state index contributed by atoms with van der Waals surface area (Å²) in [5.74, 6) is 0.866. The molecule has 1 amide bonds. The molecule has 2 aliphatic heterocycles. The predicted octanol–water partition coefficient (Wildman–Crippen LogP) is 1.69. The second kappa shape index (κ2) is 11.4. The number of hydrogen-bond donors (Lipinski definition) is 2. The zero-order valence-corrected chi connectivity index (χ0v) is 18.0. The maximum atomic E-state index is 12.1. The number of carbonyl (C=O) groups excluding carboxylic acids is 1. The van der Waals surface area contributed by atoms with Gasteiger partial charge < -0.3 is 20.3 Å². The molecule has 0 spiro atoms. The fourth-order valence-corrected chi connectivity index (χ4v) is 3.79. The largest absolute Gasteiger partial charge is 0.381 e. The van der Waals surface area contributed by atoms with Crippen LogP contribution in [0, 0.1) is 0 Å². The molecule has 0 saturated carbocycles. The van der Waals surface area contributed by atoms with Crippen LogP contribution in [-0.2, 0) is 9.53 Å². The highest BCUT2D eigenvalue weighted by molar-refractivity contribution is 14.0. The van der Waals surface area contributed by atoms with Gasteiger partial charge in [-0.05, 0) is 38.9 Å². The van der Waals surface area contributed by atoms with Gasteiger partial charge in [0.15, 0.2) is 5.96 Å². The maximum absolute atomic E-state index is 12.1. The van der Waals surface area contributed by atoms with Crippen molar-refractivity contribution in [1.29, 1.82) is 0 Å². The average molecular weight is 470 g/mol. The molecule has 140 valence electrons. The van der Waals surface area contributed by atoms with E-state index in [1.165, 1.54) is 0 Å². The summed E-state index contributed by atoms with van der Waals surface area (Å²) in [5.41, 5.74) is 0. The minimum Gasteiger partial charge on any atom is -0.381 e. The molecule has 2 saturated heterocycles. The Balaban J connectivity index is 0.00000288. The Morgan fingerprint density at radius 2 is 1.92 bits per heavy atom. The fourth-order valence-electron chi connectivity index (χ4n) is 3.00. The van der Waals surface area contributed by atoms with Crippen molar-refractivity contribution in [2.24, 2.45) is 4.99 Å². The summed E-state index contributed by atoms with van der Waals surface area (Å²) < 4.78 is 5.68. The number of likely N-dealkylation sites (tertiary alicyclic amines) is 1. The smallest absolute Gasteiger partial charge is 0.244 e. The second-order valence-corrected chi connectivity index (χ2v) is 7.41. The van der Waals surface area contributed by atoms with Crippen LogP contribution in [0.4, 0.5) is 0 Å². The number of hydrogen-bond acceptors (Lipinski definition) is 4. The summed E-state index contributed by atoms with van der Waals surface area (Å²) >= 11 is 1.90. The van der Waals surface area contributed by atoms with Crippen molar-refractivity contribution in [2.45, 2.75) is 37.4 Å². The normalized spacial score (nSPS) is 20.4. The van der Waals surface area contributed by atoms with Gasteiger partial charge in [-0.3, -0.25) is 4.79 Å². The lowest BCUT2D eigenvalue weighted by Gasteiger charge is -2.36. The fraction of sp³-hybridized carbons (Fsp3) is 0.875. The zero-order chi connectivity index (χ0) is 16.5. The Labute approximate surface area is 166 Å². The first-order valence-electron chi connectivity index (χ1n) is 8.62. The molecule has 6 nitrogen and oxygen atoms in total. The molecule has 2 aliphatic rings. The first-order valence-corrected chi connectivity index (χ1v) is 9.84. The second-order valence-electron chi connectivity index (χ2n) is 6.14. The highest BCUT2D eigenvalue weighted by Crippen LogP contribution is 2.32. The van der Waals surface area contributed by atoms with Crippen LogP contribution in [0.5, 0.6) is 0 Å². The van der Waals surface area contributed by atoms with Gasteiger partial charge in [-0.2, -0.15) is 11.8 Å². The number of guanidine groups is 1. The number of aliphatic imine (C=N–C) groups is 1. The van der Waals surface area contributed by atoms with E-state index < -0.39 is 0 Å². The van der Waals surface area contributed by atoms with Crippen LogP contribution in [0.2, 0.25) is 0 Å². The molecule has 2 heterocycles. The van der Waals surface area contributed by atoms with Crippen molar-refractivity contribution in [3.8, 4) is 0 Å². The van der Waals surface area contributed by atoms with E-state index in [1.807, 2.05) is 23.6 Å². The number of ether oxygens (including phenoxy) is 1. The van der Waals surface area contributed by atoms with Crippen LogP contribution in [0.25, 0.3) is 0 Å². The van der Waals surface area contributed by atoms with Gasteiger partial charge in [0.2, 0.25) is 5.91 Å². The van der Waals surface area contributed by atoms with Gasteiger partial charge in [0.05, 0.1) is 0 Å². The lowest BCUT2D eigenvalue weighted by molar-refractivity contribution is -0.128. The monoisotopic (exact) mass is 470 g/mol. The third-order valence-electron chi connectivity index (χ3n) is 4.59. The van der Waals surface area contributed by atoms with E-state index >= 15 is 0 Å². The van der Waals surface area contributed by atoms with Gasteiger partial charge in [-0.25, -0.2) is 4.99 Å². The molecule has 0 atom stereocenters. The van der Waals surface area contributed by atoms with Crippen molar-refractivity contribution in [3.63, 3.8) is 0 Å². The van der Waals surface area contributed by atoms with Crippen LogP contribution < -0.4 is 10.6 Å². The van der Waals surface area contributed by atoms with Crippen molar-refractivity contribution >= 4 is 47.6 Å². The van der Waals surface area contributed by atoms with Gasteiger partial charge in [-0.1, -0.05) is 0 Å². The minimum atomic E-state index is 0. The third kappa shape index (κ3) is 6.59. The molecular weight excluding hydrogens is 439 g/mol. The van der Waals surface area contributed by atoms with Gasteiger partial charge in [0, 0.05) is 44.1 Å². The number of nitrogens with zero attached hydrogens (tertiary/aromatic N) is 2. The highest BCUT2D eigenvalue weighted by Gasteiger charge is 2.31. The van der Waals surface area contributed by atoms with Crippen LogP contribution in [-0.4, -0.2) is 73.7 Å². The Morgan fingerprint density at radius 3 is 2.50 bits per heavy atom. The van der Waals surface area contributed by atoms with Gasteiger partial charge in [0.1, 0.15) is 6.54 Å². The molecule has 2 fully saturated rings. The van der Waals surface area contributed by atoms with E-state index in [9.17, 15) is 4.79 Å². The third-order valence-corrected chi connectivity index (χ3v) is 6.01. The molecule has 0 aromatic rings. The Hall–Kier alpha value is -0.220. The lowest BCUT2D eigenvalue weighted by atomic mass is 9.99. The standard InChI is InChI=1S/C16H30N4O2S.HI/c1-3-17-15(18-12-14(21)20-8-4-5-9-20)19-13-16(23-2)6-10-22-11-7-16;/h3-13H2,1-2H3,(H2,17,18,19);1H. The predicted molar refractivity (Wildman–Crippen MR) is 112 cm³/mol. The zero-order valence-electron chi connectivity index (χ0n) is 14.8. The molecule has 8 heteroatoms. The van der Waals surface area contributed by atoms with E-state index in [1.54, 1.807) is 0 Å². The quantitative estimate of drug-likeness (QED) is 0.352.